The molecule has 21 heavy (non-hydrogen) atoms. The Bertz CT molecular complexity index is 613. The van der Waals surface area contributed by atoms with Gasteiger partial charge in [0.05, 0.1) is 7.11 Å². The van der Waals surface area contributed by atoms with Crippen molar-refractivity contribution in [1.82, 2.24) is 0 Å². The van der Waals surface area contributed by atoms with Crippen molar-refractivity contribution >= 4 is 11.5 Å². The number of carbonyl (C=O) groups is 1. The highest BCUT2D eigenvalue weighted by Crippen LogP contribution is 2.25. The van der Waals surface area contributed by atoms with Crippen LogP contribution < -0.4 is 4.74 Å². The topological polar surface area (TPSA) is 35.5 Å². The molecule has 0 saturated carbocycles. The van der Waals surface area contributed by atoms with Gasteiger partial charge in [0, 0.05) is 6.92 Å². The number of benzene rings is 2. The van der Waals surface area contributed by atoms with E-state index in [1.807, 2.05) is 60.7 Å². The fourth-order valence-electron chi connectivity index (χ4n) is 2.03. The molecule has 0 aromatic heterocycles. The summed E-state index contributed by atoms with van der Waals surface area (Å²) in [5.41, 5.74) is 3.16. The molecule has 3 nitrogen and oxygen atoms in total. The molecule has 0 aliphatic heterocycles. The molecule has 2 rings (SSSR count). The summed E-state index contributed by atoms with van der Waals surface area (Å²) in [4.78, 5) is 10.9. The Morgan fingerprint density at radius 3 is 2.19 bits per heavy atom. The van der Waals surface area contributed by atoms with Crippen LogP contribution >= 0.6 is 0 Å². The van der Waals surface area contributed by atoms with Crippen LogP contribution in [0.1, 0.15) is 18.1 Å². The number of ether oxygens (including phenoxy) is 2. The molecule has 0 aliphatic carbocycles. The first-order valence-electron chi connectivity index (χ1n) is 6.74. The zero-order valence-corrected chi connectivity index (χ0v) is 12.2. The van der Waals surface area contributed by atoms with Crippen molar-refractivity contribution in [3.63, 3.8) is 0 Å². The van der Waals surface area contributed by atoms with Crippen molar-refractivity contribution in [1.29, 1.82) is 0 Å². The Hall–Kier alpha value is -2.55. The van der Waals surface area contributed by atoms with Crippen LogP contribution in [0.25, 0.3) is 5.57 Å². The lowest BCUT2D eigenvalue weighted by Crippen LogP contribution is -1.99. The van der Waals surface area contributed by atoms with Crippen molar-refractivity contribution in [2.75, 3.05) is 13.7 Å². The summed E-state index contributed by atoms with van der Waals surface area (Å²) in [6.45, 7) is 1.66. The third-order valence-corrected chi connectivity index (χ3v) is 3.06. The summed E-state index contributed by atoms with van der Waals surface area (Å²) in [6, 6.07) is 17.8. The summed E-state index contributed by atoms with van der Waals surface area (Å²) in [5, 5.41) is 0. The van der Waals surface area contributed by atoms with Gasteiger partial charge in [-0.15, -0.1) is 0 Å². The van der Waals surface area contributed by atoms with Gasteiger partial charge in [-0.2, -0.15) is 0 Å². The van der Waals surface area contributed by atoms with Crippen LogP contribution in [0.2, 0.25) is 0 Å². The van der Waals surface area contributed by atoms with Crippen molar-refractivity contribution < 1.29 is 14.3 Å². The highest BCUT2D eigenvalue weighted by molar-refractivity contribution is 5.80. The normalized spacial score (nSPS) is 11.0. The number of esters is 1. The summed E-state index contributed by atoms with van der Waals surface area (Å²) in [7, 11) is 1.64. The Balaban J connectivity index is 2.32. The van der Waals surface area contributed by atoms with Crippen LogP contribution in [0.5, 0.6) is 5.75 Å². The van der Waals surface area contributed by atoms with Gasteiger partial charge in [-0.3, -0.25) is 4.79 Å². The molecular formula is C18H18O3. The van der Waals surface area contributed by atoms with Crippen LogP contribution in [0.4, 0.5) is 0 Å². The van der Waals surface area contributed by atoms with Gasteiger partial charge in [-0.25, -0.2) is 0 Å². The Kier molecular flexibility index (Phi) is 5.16. The lowest BCUT2D eigenvalue weighted by molar-refractivity contribution is -0.139. The Morgan fingerprint density at radius 2 is 1.62 bits per heavy atom. The molecule has 0 spiro atoms. The Morgan fingerprint density at radius 1 is 1.00 bits per heavy atom. The van der Waals surface area contributed by atoms with Gasteiger partial charge in [0.25, 0.3) is 0 Å². The molecule has 3 heteroatoms. The van der Waals surface area contributed by atoms with E-state index in [4.69, 9.17) is 9.47 Å². The van der Waals surface area contributed by atoms with Crippen molar-refractivity contribution in [2.45, 2.75) is 6.92 Å². The van der Waals surface area contributed by atoms with E-state index >= 15 is 0 Å². The molecule has 0 fully saturated rings. The number of hydrogen-bond donors (Lipinski definition) is 0. The van der Waals surface area contributed by atoms with Gasteiger partial charge < -0.3 is 9.47 Å². The van der Waals surface area contributed by atoms with Crippen LogP contribution in [0, 0.1) is 0 Å². The number of rotatable bonds is 5. The van der Waals surface area contributed by atoms with Gasteiger partial charge in [0.1, 0.15) is 12.4 Å². The fourth-order valence-corrected chi connectivity index (χ4v) is 2.03. The van der Waals surface area contributed by atoms with E-state index in [0.717, 1.165) is 22.4 Å². The van der Waals surface area contributed by atoms with E-state index in [1.54, 1.807) is 7.11 Å². The van der Waals surface area contributed by atoms with Gasteiger partial charge in [0.15, 0.2) is 0 Å². The number of methoxy groups -OCH3 is 1. The number of hydrogen-bond acceptors (Lipinski definition) is 3. The summed E-state index contributed by atoms with van der Waals surface area (Å²) >= 11 is 0. The molecule has 0 saturated heterocycles. The minimum atomic E-state index is -0.284. The molecular weight excluding hydrogens is 264 g/mol. The first-order chi connectivity index (χ1) is 10.2. The lowest BCUT2D eigenvalue weighted by Gasteiger charge is -2.10. The zero-order chi connectivity index (χ0) is 15.1. The minimum Gasteiger partial charge on any atom is -0.497 e. The van der Waals surface area contributed by atoms with Crippen LogP contribution in [-0.4, -0.2) is 19.7 Å². The molecule has 0 atom stereocenters. The second-order valence-corrected chi connectivity index (χ2v) is 4.51. The molecule has 2 aromatic carbocycles. The number of carbonyl (C=O) groups excluding carboxylic acids is 1. The largest absolute Gasteiger partial charge is 0.497 e. The van der Waals surface area contributed by atoms with Gasteiger partial charge in [-0.1, -0.05) is 42.5 Å². The first-order valence-corrected chi connectivity index (χ1v) is 6.74. The highest BCUT2D eigenvalue weighted by atomic mass is 16.5. The SMILES string of the molecule is COc1ccc(/C(=C\COC(C)=O)c2ccccc2)cc1. The predicted molar refractivity (Wildman–Crippen MR) is 83.1 cm³/mol. The molecule has 108 valence electrons. The maximum absolute atomic E-state index is 10.9. The van der Waals surface area contributed by atoms with Gasteiger partial charge in [0.2, 0.25) is 0 Å². The monoisotopic (exact) mass is 282 g/mol. The Labute approximate surface area is 124 Å². The van der Waals surface area contributed by atoms with E-state index in [9.17, 15) is 4.79 Å². The molecule has 2 aromatic rings. The lowest BCUT2D eigenvalue weighted by atomic mass is 9.97. The van der Waals surface area contributed by atoms with E-state index in [-0.39, 0.29) is 12.6 Å². The fraction of sp³-hybridized carbons (Fsp3) is 0.167. The average Bonchev–Trinajstić information content (AvgIpc) is 2.52. The molecule has 0 unspecified atom stereocenters. The van der Waals surface area contributed by atoms with Gasteiger partial charge in [-0.05, 0) is 34.9 Å². The molecule has 0 amide bonds. The van der Waals surface area contributed by atoms with E-state index < -0.39 is 0 Å². The van der Waals surface area contributed by atoms with E-state index in [0.29, 0.717) is 0 Å². The maximum atomic E-state index is 10.9. The quantitative estimate of drug-likeness (QED) is 0.785. The van der Waals surface area contributed by atoms with Crippen molar-refractivity contribution in [2.24, 2.45) is 0 Å². The highest BCUT2D eigenvalue weighted by Gasteiger charge is 2.05. The van der Waals surface area contributed by atoms with Crippen molar-refractivity contribution in [3.8, 4) is 5.75 Å². The smallest absolute Gasteiger partial charge is 0.302 e. The zero-order valence-electron chi connectivity index (χ0n) is 12.2. The third kappa shape index (κ3) is 4.21. The molecule has 0 aliphatic rings. The standard InChI is InChI=1S/C18H18O3/c1-14(19)21-13-12-18(15-6-4-3-5-7-15)16-8-10-17(20-2)11-9-16/h3-12H,13H2,1-2H3/b18-12-. The van der Waals surface area contributed by atoms with Crippen LogP contribution in [0.3, 0.4) is 0 Å². The van der Waals surface area contributed by atoms with E-state index in [1.165, 1.54) is 6.92 Å². The first kappa shape index (κ1) is 14.9. The van der Waals surface area contributed by atoms with Gasteiger partial charge >= 0.3 is 5.97 Å². The average molecular weight is 282 g/mol. The van der Waals surface area contributed by atoms with Crippen LogP contribution in [0.15, 0.2) is 60.7 Å². The minimum absolute atomic E-state index is 0.256. The predicted octanol–water partition coefficient (Wildman–Crippen LogP) is 3.69. The maximum Gasteiger partial charge on any atom is 0.302 e. The van der Waals surface area contributed by atoms with E-state index in [2.05, 4.69) is 0 Å². The second-order valence-electron chi connectivity index (χ2n) is 4.51. The molecule has 0 bridgehead atoms. The molecule has 0 N–H and O–H groups in total. The van der Waals surface area contributed by atoms with Crippen LogP contribution in [-0.2, 0) is 9.53 Å². The summed E-state index contributed by atoms with van der Waals surface area (Å²) in [5.74, 6) is 0.527. The third-order valence-electron chi connectivity index (χ3n) is 3.06. The molecule has 0 radical (unpaired) electrons. The van der Waals surface area contributed by atoms with Crippen molar-refractivity contribution in [3.05, 3.63) is 71.8 Å². The molecule has 0 heterocycles. The second kappa shape index (κ2) is 7.29. The summed E-state index contributed by atoms with van der Waals surface area (Å²) < 4.78 is 10.2. The summed E-state index contributed by atoms with van der Waals surface area (Å²) in [6.07, 6.45) is 1.92.